The zero-order valence-corrected chi connectivity index (χ0v) is 16.6. The third kappa shape index (κ3) is 7.92. The van der Waals surface area contributed by atoms with E-state index in [9.17, 15) is 8.42 Å². The van der Waals surface area contributed by atoms with Gasteiger partial charge >= 0.3 is 0 Å². The van der Waals surface area contributed by atoms with Crippen molar-refractivity contribution in [3.8, 4) is 0 Å². The van der Waals surface area contributed by atoms with Gasteiger partial charge in [-0.3, -0.25) is 9.89 Å². The molecule has 25 heavy (non-hydrogen) atoms. The molecule has 1 saturated carbocycles. The van der Waals surface area contributed by atoms with Gasteiger partial charge < -0.3 is 10.6 Å². The molecule has 1 aliphatic heterocycles. The highest BCUT2D eigenvalue weighted by Gasteiger charge is 2.27. The smallest absolute Gasteiger partial charge is 0.208 e. The molecule has 146 valence electrons. The van der Waals surface area contributed by atoms with Crippen LogP contribution in [0.15, 0.2) is 4.99 Å². The lowest BCUT2D eigenvalue weighted by molar-refractivity contribution is 0.115. The zero-order valence-electron chi connectivity index (χ0n) is 15.8. The Labute approximate surface area is 153 Å². The van der Waals surface area contributed by atoms with Crippen LogP contribution in [0.1, 0.15) is 51.9 Å². The van der Waals surface area contributed by atoms with Crippen LogP contribution >= 0.6 is 0 Å². The molecular formula is C17H35N5O2S. The van der Waals surface area contributed by atoms with Gasteiger partial charge in [-0.15, -0.1) is 0 Å². The first-order chi connectivity index (χ1) is 12.0. The largest absolute Gasteiger partial charge is 0.357 e. The van der Waals surface area contributed by atoms with Crippen molar-refractivity contribution >= 4 is 16.0 Å². The minimum atomic E-state index is -3.15. The van der Waals surface area contributed by atoms with Gasteiger partial charge in [0.2, 0.25) is 10.0 Å². The van der Waals surface area contributed by atoms with E-state index < -0.39 is 10.0 Å². The number of guanidine groups is 1. The van der Waals surface area contributed by atoms with Gasteiger partial charge in [-0.2, -0.15) is 0 Å². The maximum Gasteiger partial charge on any atom is 0.208 e. The highest BCUT2D eigenvalue weighted by molar-refractivity contribution is 7.88. The Bertz CT molecular complexity index is 517. The molecule has 1 saturated heterocycles. The average Bonchev–Trinajstić information content (AvgIpc) is 2.59. The molecule has 3 N–H and O–H groups in total. The number of nitrogens with zero attached hydrogens (tertiary/aromatic N) is 2. The van der Waals surface area contributed by atoms with E-state index in [0.717, 1.165) is 31.5 Å². The maximum absolute atomic E-state index is 11.1. The van der Waals surface area contributed by atoms with Crippen LogP contribution in [-0.2, 0) is 10.0 Å². The fourth-order valence-electron chi connectivity index (χ4n) is 3.81. The van der Waals surface area contributed by atoms with E-state index >= 15 is 0 Å². The fourth-order valence-corrected chi connectivity index (χ4v) is 4.28. The second-order valence-electron chi connectivity index (χ2n) is 7.20. The van der Waals surface area contributed by atoms with Crippen LogP contribution in [0.4, 0.5) is 0 Å². The number of hydrogen-bond donors (Lipinski definition) is 3. The van der Waals surface area contributed by atoms with Gasteiger partial charge in [-0.05, 0) is 39.2 Å². The summed E-state index contributed by atoms with van der Waals surface area (Å²) < 4.78 is 24.7. The number of nitrogens with one attached hydrogen (secondary N) is 3. The van der Waals surface area contributed by atoms with Gasteiger partial charge in [-0.25, -0.2) is 13.1 Å². The topological polar surface area (TPSA) is 85.8 Å². The summed E-state index contributed by atoms with van der Waals surface area (Å²) in [7, 11) is -3.15. The predicted molar refractivity (Wildman–Crippen MR) is 103 cm³/mol. The number of rotatable bonds is 7. The van der Waals surface area contributed by atoms with Crippen LogP contribution in [0.2, 0.25) is 0 Å². The molecular weight excluding hydrogens is 338 g/mol. The minimum Gasteiger partial charge on any atom is -0.357 e. The zero-order chi connectivity index (χ0) is 18.1. The van der Waals surface area contributed by atoms with Gasteiger partial charge in [-0.1, -0.05) is 19.3 Å². The van der Waals surface area contributed by atoms with Crippen LogP contribution < -0.4 is 15.4 Å². The van der Waals surface area contributed by atoms with Crippen molar-refractivity contribution < 1.29 is 8.42 Å². The van der Waals surface area contributed by atoms with Gasteiger partial charge in [0.15, 0.2) is 5.96 Å². The van der Waals surface area contributed by atoms with Crippen LogP contribution in [0.5, 0.6) is 0 Å². The molecule has 2 rings (SSSR count). The lowest BCUT2D eigenvalue weighted by Gasteiger charge is -2.40. The molecule has 1 aliphatic carbocycles. The summed E-state index contributed by atoms with van der Waals surface area (Å²) in [6.07, 6.45) is 10.4. The molecule has 0 spiro atoms. The van der Waals surface area contributed by atoms with Crippen LogP contribution in [0.3, 0.4) is 0 Å². The quantitative estimate of drug-likeness (QED) is 0.351. The Morgan fingerprint density at radius 3 is 2.60 bits per heavy atom. The number of piperidine rings is 1. The summed E-state index contributed by atoms with van der Waals surface area (Å²) in [5.74, 6) is 0.785. The molecule has 1 heterocycles. The second-order valence-corrected chi connectivity index (χ2v) is 9.03. The molecule has 1 atom stereocenters. The second kappa shape index (κ2) is 10.3. The Morgan fingerprint density at radius 2 is 1.92 bits per heavy atom. The molecule has 0 amide bonds. The van der Waals surface area contributed by atoms with Gasteiger partial charge in [0.05, 0.1) is 12.8 Å². The van der Waals surface area contributed by atoms with Crippen molar-refractivity contribution in [1.82, 2.24) is 20.3 Å². The average molecular weight is 374 g/mol. The summed E-state index contributed by atoms with van der Waals surface area (Å²) in [5, 5.41) is 6.81. The molecule has 7 nitrogen and oxygen atoms in total. The van der Waals surface area contributed by atoms with Crippen molar-refractivity contribution in [1.29, 1.82) is 0 Å². The number of sulfonamides is 1. The Kier molecular flexibility index (Phi) is 8.45. The molecule has 0 aromatic carbocycles. The van der Waals surface area contributed by atoms with E-state index in [4.69, 9.17) is 0 Å². The lowest BCUT2D eigenvalue weighted by atomic mass is 9.92. The van der Waals surface area contributed by atoms with Crippen LogP contribution in [0, 0.1) is 0 Å². The van der Waals surface area contributed by atoms with Crippen molar-refractivity contribution in [3.63, 3.8) is 0 Å². The maximum atomic E-state index is 11.1. The van der Waals surface area contributed by atoms with E-state index in [0.29, 0.717) is 19.1 Å². The fraction of sp³-hybridized carbons (Fsp3) is 0.941. The van der Waals surface area contributed by atoms with E-state index in [-0.39, 0.29) is 0 Å². The first kappa shape index (κ1) is 20.5. The van der Waals surface area contributed by atoms with E-state index in [2.05, 4.69) is 25.2 Å². The first-order valence-electron chi connectivity index (χ1n) is 9.71. The van der Waals surface area contributed by atoms with Gasteiger partial charge in [0.1, 0.15) is 0 Å². The monoisotopic (exact) mass is 373 g/mol. The lowest BCUT2D eigenvalue weighted by Crippen LogP contribution is -2.53. The van der Waals surface area contributed by atoms with Crippen LogP contribution in [-0.4, -0.2) is 70.3 Å². The van der Waals surface area contributed by atoms with E-state index in [1.54, 1.807) is 0 Å². The molecule has 2 fully saturated rings. The highest BCUT2D eigenvalue weighted by atomic mass is 32.2. The van der Waals surface area contributed by atoms with Gasteiger partial charge in [0, 0.05) is 31.7 Å². The number of likely N-dealkylation sites (tertiary alicyclic amines) is 1. The predicted octanol–water partition coefficient (Wildman–Crippen LogP) is 0.888. The third-order valence-electron chi connectivity index (χ3n) is 4.97. The third-order valence-corrected chi connectivity index (χ3v) is 5.70. The number of hydrogen-bond acceptors (Lipinski definition) is 4. The van der Waals surface area contributed by atoms with Gasteiger partial charge in [0.25, 0.3) is 0 Å². The summed E-state index contributed by atoms with van der Waals surface area (Å²) in [6, 6.07) is 1.17. The molecule has 0 radical (unpaired) electrons. The van der Waals surface area contributed by atoms with Crippen molar-refractivity contribution in [2.24, 2.45) is 4.99 Å². The van der Waals surface area contributed by atoms with E-state index in [1.165, 1.54) is 51.3 Å². The van der Waals surface area contributed by atoms with Crippen molar-refractivity contribution in [3.05, 3.63) is 0 Å². The summed E-state index contributed by atoms with van der Waals surface area (Å²) in [5.41, 5.74) is 0. The standard InChI is InChI=1S/C17H35N5O2S/c1-3-18-17(19-11-12-20-25(2,23)24)21-15-8-7-13-22(14-15)16-9-5-4-6-10-16/h15-16,20H,3-14H2,1-2H3,(H2,18,19,21). The molecule has 1 unspecified atom stereocenters. The van der Waals surface area contributed by atoms with Crippen molar-refractivity contribution in [2.45, 2.75) is 64.0 Å². The molecule has 2 aliphatic rings. The summed E-state index contributed by atoms with van der Waals surface area (Å²) >= 11 is 0. The minimum absolute atomic E-state index is 0.328. The highest BCUT2D eigenvalue weighted by Crippen LogP contribution is 2.25. The summed E-state index contributed by atoms with van der Waals surface area (Å²) in [4.78, 5) is 7.16. The Balaban J connectivity index is 1.82. The van der Waals surface area contributed by atoms with Crippen molar-refractivity contribution in [2.75, 3.05) is 39.0 Å². The molecule has 0 aromatic heterocycles. The summed E-state index contributed by atoms with van der Waals surface area (Å²) in [6.45, 7) is 5.90. The first-order valence-corrected chi connectivity index (χ1v) is 11.6. The Hall–Kier alpha value is -0.860. The molecule has 0 bridgehead atoms. The Morgan fingerprint density at radius 1 is 1.16 bits per heavy atom. The molecule has 0 aromatic rings. The van der Waals surface area contributed by atoms with E-state index in [1.807, 2.05) is 6.92 Å². The molecule has 8 heteroatoms. The normalized spacial score (nSPS) is 24.2. The van der Waals surface area contributed by atoms with Crippen LogP contribution in [0.25, 0.3) is 0 Å². The SMILES string of the molecule is CCNC(=NCCNS(C)(=O)=O)NC1CCCN(C2CCCCC2)C1. The number of aliphatic imine (C=N–C) groups is 1.